The monoisotopic (exact) mass is 462 g/mol. The fraction of sp³-hybridized carbons (Fsp3) is 0.0667. The summed E-state index contributed by atoms with van der Waals surface area (Å²) >= 11 is 0. The number of ether oxygens (including phenoxy) is 1. The summed E-state index contributed by atoms with van der Waals surface area (Å²) in [5, 5.41) is 23.7. The van der Waals surface area contributed by atoms with Crippen molar-refractivity contribution in [2.24, 2.45) is 0 Å². The third-order valence-corrected chi connectivity index (χ3v) is 6.20. The first kappa shape index (κ1) is 22.2. The van der Waals surface area contributed by atoms with E-state index in [1.165, 1.54) is 6.07 Å². The molecule has 5 nitrogen and oxygen atoms in total. The average Bonchev–Trinajstić information content (AvgIpc) is 2.91. The zero-order valence-electron chi connectivity index (χ0n) is 18.7. The molecule has 35 heavy (non-hydrogen) atoms. The van der Waals surface area contributed by atoms with Crippen LogP contribution in [-0.4, -0.2) is 28.6 Å². The van der Waals surface area contributed by atoms with Crippen molar-refractivity contribution in [3.63, 3.8) is 0 Å². The number of carbonyl (C=O) groups excluding carboxylic acids is 1. The van der Waals surface area contributed by atoms with E-state index in [0.29, 0.717) is 11.1 Å². The van der Waals surface area contributed by atoms with Gasteiger partial charge in [-0.1, -0.05) is 97.1 Å². The number of hydrogen-bond donors (Lipinski definition) is 2. The molecule has 1 atom stereocenters. The molecule has 172 valence electrons. The van der Waals surface area contributed by atoms with Crippen LogP contribution in [0.5, 0.6) is 11.5 Å². The highest BCUT2D eigenvalue weighted by Gasteiger charge is 2.21. The van der Waals surface area contributed by atoms with Crippen LogP contribution in [0, 0.1) is 0 Å². The Kier molecular flexibility index (Phi) is 5.90. The highest BCUT2D eigenvalue weighted by atomic mass is 16.5. The summed E-state index contributed by atoms with van der Waals surface area (Å²) in [7, 11) is 0. The molecule has 0 saturated heterocycles. The lowest BCUT2D eigenvalue weighted by atomic mass is 9.90. The molecule has 2 N–H and O–H groups in total. The number of benzene rings is 5. The number of ketones is 1. The molecule has 0 saturated carbocycles. The second-order valence-electron chi connectivity index (χ2n) is 8.30. The maximum Gasteiger partial charge on any atom is 0.377 e. The van der Waals surface area contributed by atoms with E-state index in [4.69, 9.17) is 9.84 Å². The smallest absolute Gasteiger partial charge is 0.377 e. The molecule has 0 radical (unpaired) electrons. The number of phenolic OH excluding ortho intramolecular Hbond substituents is 1. The number of carbonyl (C=O) groups is 2. The summed E-state index contributed by atoms with van der Waals surface area (Å²) in [4.78, 5) is 23.3. The first-order chi connectivity index (χ1) is 17.0. The van der Waals surface area contributed by atoms with Crippen LogP contribution in [0.4, 0.5) is 0 Å². The molecule has 0 fully saturated rings. The molecule has 0 bridgehead atoms. The fourth-order valence-electron chi connectivity index (χ4n) is 4.49. The van der Waals surface area contributed by atoms with Gasteiger partial charge in [-0.25, -0.2) is 4.79 Å². The number of aliphatic carboxylic acids is 1. The molecule has 0 aliphatic carbocycles. The predicted octanol–water partition coefficient (Wildman–Crippen LogP) is 6.18. The Morgan fingerprint density at radius 1 is 0.686 bits per heavy atom. The Bertz CT molecular complexity index is 1560. The molecule has 5 aromatic carbocycles. The minimum absolute atomic E-state index is 0.0703. The van der Waals surface area contributed by atoms with E-state index >= 15 is 0 Å². The summed E-state index contributed by atoms with van der Waals surface area (Å²) in [5.74, 6) is -2.30. The van der Waals surface area contributed by atoms with E-state index in [-0.39, 0.29) is 23.8 Å². The van der Waals surface area contributed by atoms with Crippen LogP contribution < -0.4 is 4.74 Å². The normalized spacial score (nSPS) is 11.9. The van der Waals surface area contributed by atoms with Gasteiger partial charge in [-0.2, -0.15) is 0 Å². The van der Waals surface area contributed by atoms with Crippen LogP contribution in [0.15, 0.2) is 103 Å². The maximum absolute atomic E-state index is 12.1. The van der Waals surface area contributed by atoms with E-state index < -0.39 is 11.8 Å². The molecule has 5 rings (SSSR count). The van der Waals surface area contributed by atoms with Crippen LogP contribution in [0.2, 0.25) is 0 Å². The summed E-state index contributed by atoms with van der Waals surface area (Å²) in [5.41, 5.74) is 1.79. The van der Waals surface area contributed by atoms with E-state index in [1.54, 1.807) is 12.1 Å². The topological polar surface area (TPSA) is 83.8 Å². The number of rotatable bonds is 7. The zero-order valence-corrected chi connectivity index (χ0v) is 18.7. The molecule has 0 heterocycles. The molecule has 0 aliphatic heterocycles. The quantitative estimate of drug-likeness (QED) is 0.171. The van der Waals surface area contributed by atoms with E-state index in [0.717, 1.165) is 27.3 Å². The van der Waals surface area contributed by atoms with Crippen LogP contribution in [-0.2, 0) is 4.79 Å². The first-order valence-electron chi connectivity index (χ1n) is 11.2. The molecular formula is C30H22O5. The van der Waals surface area contributed by atoms with Crippen molar-refractivity contribution >= 4 is 33.3 Å². The van der Waals surface area contributed by atoms with E-state index in [9.17, 15) is 14.7 Å². The van der Waals surface area contributed by atoms with Gasteiger partial charge in [-0.15, -0.1) is 0 Å². The molecule has 0 amide bonds. The van der Waals surface area contributed by atoms with Crippen molar-refractivity contribution in [3.05, 3.63) is 120 Å². The van der Waals surface area contributed by atoms with Crippen molar-refractivity contribution in [1.29, 1.82) is 0 Å². The SMILES string of the molecule is O=C(O)C(=O)c1cccc(C(COc2c(O)c3ccccc3c3ccccc23)c2ccccc2)c1. The van der Waals surface area contributed by atoms with Gasteiger partial charge in [-0.05, 0) is 28.0 Å². The Labute approximate surface area is 201 Å². The van der Waals surface area contributed by atoms with Crippen LogP contribution in [0.3, 0.4) is 0 Å². The Morgan fingerprint density at radius 2 is 1.26 bits per heavy atom. The molecule has 0 spiro atoms. The summed E-state index contributed by atoms with van der Waals surface area (Å²) < 4.78 is 6.33. The summed E-state index contributed by atoms with van der Waals surface area (Å²) in [6, 6.07) is 31.7. The molecule has 5 aromatic rings. The number of aromatic hydroxyl groups is 1. The Balaban J connectivity index is 1.59. The number of fused-ring (bicyclic) bond motifs is 3. The van der Waals surface area contributed by atoms with Gasteiger partial charge in [-0.3, -0.25) is 4.79 Å². The van der Waals surface area contributed by atoms with Crippen molar-refractivity contribution in [3.8, 4) is 11.5 Å². The van der Waals surface area contributed by atoms with Gasteiger partial charge < -0.3 is 14.9 Å². The van der Waals surface area contributed by atoms with Gasteiger partial charge in [0.05, 0.1) is 6.61 Å². The lowest BCUT2D eigenvalue weighted by Gasteiger charge is -2.21. The minimum atomic E-state index is -1.50. The van der Waals surface area contributed by atoms with Crippen molar-refractivity contribution < 1.29 is 24.5 Å². The average molecular weight is 463 g/mol. The highest BCUT2D eigenvalue weighted by molar-refractivity contribution is 6.39. The number of carboxylic acid groups (broad SMARTS) is 1. The Hall–Kier alpha value is -4.64. The minimum Gasteiger partial charge on any atom is -0.504 e. The van der Waals surface area contributed by atoms with Gasteiger partial charge >= 0.3 is 5.97 Å². The zero-order chi connectivity index (χ0) is 24.4. The fourth-order valence-corrected chi connectivity index (χ4v) is 4.49. The van der Waals surface area contributed by atoms with Gasteiger partial charge in [0.15, 0.2) is 11.5 Å². The van der Waals surface area contributed by atoms with Crippen molar-refractivity contribution in [2.45, 2.75) is 5.92 Å². The third-order valence-electron chi connectivity index (χ3n) is 6.20. The number of Topliss-reactive ketones (excluding diaryl/α,β-unsaturated/α-hetero) is 1. The van der Waals surface area contributed by atoms with Crippen LogP contribution >= 0.6 is 0 Å². The summed E-state index contributed by atoms with van der Waals surface area (Å²) in [6.45, 7) is 0.171. The largest absolute Gasteiger partial charge is 0.504 e. The highest BCUT2D eigenvalue weighted by Crippen LogP contribution is 2.43. The maximum atomic E-state index is 12.1. The number of phenols is 1. The van der Waals surface area contributed by atoms with Crippen LogP contribution in [0.25, 0.3) is 21.5 Å². The molecule has 5 heteroatoms. The third kappa shape index (κ3) is 4.20. The molecule has 0 aliphatic rings. The Morgan fingerprint density at radius 3 is 1.94 bits per heavy atom. The summed E-state index contributed by atoms with van der Waals surface area (Å²) in [6.07, 6.45) is 0. The van der Waals surface area contributed by atoms with Crippen LogP contribution in [0.1, 0.15) is 27.4 Å². The predicted molar refractivity (Wildman–Crippen MR) is 135 cm³/mol. The molecule has 0 aromatic heterocycles. The lowest BCUT2D eigenvalue weighted by molar-refractivity contribution is -0.131. The first-order valence-corrected chi connectivity index (χ1v) is 11.2. The van der Waals surface area contributed by atoms with Gasteiger partial charge in [0, 0.05) is 22.3 Å². The number of hydrogen-bond acceptors (Lipinski definition) is 4. The number of carboxylic acids is 1. The standard InChI is InChI=1S/C30H22O5/c31-27(30(33)34)21-12-8-11-20(17-21)26(19-9-2-1-3-10-19)18-35-29-25-16-7-5-14-23(25)22-13-4-6-15-24(22)28(29)32/h1-17,26,32H,18H2,(H,33,34). The van der Waals surface area contributed by atoms with Gasteiger partial charge in [0.2, 0.25) is 0 Å². The second-order valence-corrected chi connectivity index (χ2v) is 8.30. The van der Waals surface area contributed by atoms with E-state index in [1.807, 2.05) is 84.9 Å². The second kappa shape index (κ2) is 9.31. The lowest BCUT2D eigenvalue weighted by Crippen LogP contribution is -2.15. The molecular weight excluding hydrogens is 440 g/mol. The van der Waals surface area contributed by atoms with Gasteiger partial charge in [0.25, 0.3) is 5.78 Å². The van der Waals surface area contributed by atoms with Crippen molar-refractivity contribution in [1.82, 2.24) is 0 Å². The van der Waals surface area contributed by atoms with Gasteiger partial charge in [0.1, 0.15) is 0 Å². The van der Waals surface area contributed by atoms with E-state index in [2.05, 4.69) is 0 Å². The van der Waals surface area contributed by atoms with Crippen molar-refractivity contribution in [2.75, 3.05) is 6.61 Å². The molecule has 1 unspecified atom stereocenters.